The van der Waals surface area contributed by atoms with Crippen molar-refractivity contribution in [3.05, 3.63) is 58.8 Å². The summed E-state index contributed by atoms with van der Waals surface area (Å²) in [5.41, 5.74) is 8.46. The normalized spacial score (nSPS) is 10.8. The van der Waals surface area contributed by atoms with E-state index in [0.29, 0.717) is 27.5 Å². The Kier molecular flexibility index (Phi) is 6.86. The summed E-state index contributed by atoms with van der Waals surface area (Å²) in [7, 11) is 4.03. The van der Waals surface area contributed by atoms with E-state index >= 15 is 0 Å². The third kappa shape index (κ3) is 5.69. The largest absolute Gasteiger partial charge is 0.353 e. The molecule has 0 saturated carbocycles. The highest BCUT2D eigenvalue weighted by Gasteiger charge is 2.08. The molecule has 3 N–H and O–H groups in total. The predicted octanol–water partition coefficient (Wildman–Crippen LogP) is 4.26. The van der Waals surface area contributed by atoms with Gasteiger partial charge < -0.3 is 10.2 Å². The molecule has 0 unspecified atom stereocenters. The molecule has 0 spiro atoms. The molecule has 3 aromatic rings. The zero-order valence-corrected chi connectivity index (χ0v) is 17.1. The number of aromatic nitrogens is 3. The van der Waals surface area contributed by atoms with Crippen LogP contribution >= 0.6 is 23.2 Å². The summed E-state index contributed by atoms with van der Waals surface area (Å²) in [6, 6.07) is 10.9. The number of rotatable bonds is 8. The van der Waals surface area contributed by atoms with E-state index in [9.17, 15) is 0 Å². The van der Waals surface area contributed by atoms with E-state index in [1.165, 1.54) is 0 Å². The van der Waals surface area contributed by atoms with Crippen molar-refractivity contribution in [1.82, 2.24) is 19.9 Å². The Hall–Kier alpha value is -2.61. The first kappa shape index (κ1) is 20.1. The molecule has 9 heteroatoms. The van der Waals surface area contributed by atoms with E-state index in [1.54, 1.807) is 30.6 Å². The van der Waals surface area contributed by atoms with Gasteiger partial charge in [-0.05, 0) is 44.4 Å². The van der Waals surface area contributed by atoms with E-state index in [-0.39, 0.29) is 0 Å². The number of hydrogen-bond acceptors (Lipinski definition) is 7. The van der Waals surface area contributed by atoms with E-state index in [1.807, 2.05) is 32.3 Å². The van der Waals surface area contributed by atoms with Gasteiger partial charge in [0, 0.05) is 42.1 Å². The minimum Gasteiger partial charge on any atom is -0.353 e. The average Bonchev–Trinajstić information content (AvgIpc) is 2.67. The molecule has 0 aliphatic heterocycles. The molecule has 0 radical (unpaired) electrons. The van der Waals surface area contributed by atoms with Gasteiger partial charge in [0.2, 0.25) is 5.95 Å². The van der Waals surface area contributed by atoms with Crippen LogP contribution in [-0.2, 0) is 0 Å². The minimum absolute atomic E-state index is 0.505. The number of halogens is 2. The molecule has 7 nitrogen and oxygen atoms in total. The van der Waals surface area contributed by atoms with Crippen molar-refractivity contribution >= 4 is 40.7 Å². The van der Waals surface area contributed by atoms with Gasteiger partial charge in [0.25, 0.3) is 0 Å². The first-order valence-corrected chi connectivity index (χ1v) is 9.42. The fourth-order valence-corrected chi connectivity index (χ4v) is 2.82. The second-order valence-electron chi connectivity index (χ2n) is 6.31. The van der Waals surface area contributed by atoms with Crippen molar-refractivity contribution in [3.63, 3.8) is 0 Å². The maximum Gasteiger partial charge on any atom is 0.225 e. The summed E-state index contributed by atoms with van der Waals surface area (Å²) in [6.45, 7) is 1.58. The van der Waals surface area contributed by atoms with E-state index in [0.717, 1.165) is 24.3 Å². The lowest BCUT2D eigenvalue weighted by Crippen LogP contribution is -2.22. The van der Waals surface area contributed by atoms with Crippen molar-refractivity contribution in [3.8, 4) is 11.3 Å². The smallest absolute Gasteiger partial charge is 0.225 e. The van der Waals surface area contributed by atoms with Gasteiger partial charge >= 0.3 is 0 Å². The molecule has 1 aromatic carbocycles. The summed E-state index contributed by atoms with van der Waals surface area (Å²) in [6.07, 6.45) is 3.49. The summed E-state index contributed by atoms with van der Waals surface area (Å²) < 4.78 is 0. The fourth-order valence-electron chi connectivity index (χ4n) is 2.37. The third-order valence-electron chi connectivity index (χ3n) is 3.78. The average molecular weight is 418 g/mol. The Balaban J connectivity index is 1.81. The first-order valence-electron chi connectivity index (χ1n) is 8.66. The Morgan fingerprint density at radius 1 is 1.04 bits per heavy atom. The van der Waals surface area contributed by atoms with Crippen LogP contribution in [0.15, 0.2) is 48.8 Å². The Morgan fingerprint density at radius 2 is 1.89 bits per heavy atom. The van der Waals surface area contributed by atoms with E-state index in [4.69, 9.17) is 23.2 Å². The van der Waals surface area contributed by atoms with Gasteiger partial charge in [-0.15, -0.1) is 0 Å². The molecule has 2 aromatic heterocycles. The van der Waals surface area contributed by atoms with Crippen LogP contribution in [0.25, 0.3) is 11.3 Å². The Morgan fingerprint density at radius 3 is 2.61 bits per heavy atom. The fraction of sp³-hybridized carbons (Fsp3) is 0.211. The van der Waals surface area contributed by atoms with Crippen LogP contribution in [-0.4, -0.2) is 47.0 Å². The number of benzene rings is 1. The number of hydrazine groups is 1. The zero-order chi connectivity index (χ0) is 19.9. The highest BCUT2D eigenvalue weighted by molar-refractivity contribution is 6.36. The molecule has 0 saturated heterocycles. The number of nitrogens with zero attached hydrogens (tertiary/aromatic N) is 4. The number of anilines is 3. The lowest BCUT2D eigenvalue weighted by atomic mass is 10.2. The van der Waals surface area contributed by atoms with E-state index < -0.39 is 0 Å². The van der Waals surface area contributed by atoms with Crippen LogP contribution < -0.4 is 16.2 Å². The van der Waals surface area contributed by atoms with Crippen molar-refractivity contribution in [2.45, 2.75) is 0 Å². The Bertz CT molecular complexity index is 919. The van der Waals surface area contributed by atoms with Crippen molar-refractivity contribution in [2.75, 3.05) is 43.4 Å². The van der Waals surface area contributed by atoms with Crippen LogP contribution in [0.1, 0.15) is 0 Å². The van der Waals surface area contributed by atoms with Crippen LogP contribution in [0.5, 0.6) is 0 Å². The van der Waals surface area contributed by atoms with Gasteiger partial charge in [0.1, 0.15) is 0 Å². The standard InChI is InChI=1S/C19H21Cl2N7/c1-28(2)9-8-23-19-24-17(13-4-3-7-22-12-13)11-18(25-19)27-26-16-6-5-14(20)10-15(16)21/h3-7,10-12,26H,8-9H2,1-2H3,(H2,23,24,25,27). The van der Waals surface area contributed by atoms with Gasteiger partial charge in [0.05, 0.1) is 16.4 Å². The minimum atomic E-state index is 0.505. The Labute approximate surface area is 174 Å². The molecule has 0 aliphatic rings. The molecule has 146 valence electrons. The maximum atomic E-state index is 6.21. The number of pyridine rings is 1. The topological polar surface area (TPSA) is 78.0 Å². The third-order valence-corrected chi connectivity index (χ3v) is 4.33. The lowest BCUT2D eigenvalue weighted by Gasteiger charge is -2.14. The number of likely N-dealkylation sites (N-methyl/N-ethyl adjacent to an activating group) is 1. The second-order valence-corrected chi connectivity index (χ2v) is 7.15. The van der Waals surface area contributed by atoms with Crippen LogP contribution in [0, 0.1) is 0 Å². The molecule has 28 heavy (non-hydrogen) atoms. The summed E-state index contributed by atoms with van der Waals surface area (Å²) in [5, 5.41) is 4.33. The molecule has 0 bridgehead atoms. The van der Waals surface area contributed by atoms with Gasteiger partial charge in [-0.25, -0.2) is 4.98 Å². The first-order chi connectivity index (χ1) is 13.5. The zero-order valence-electron chi connectivity index (χ0n) is 15.6. The molecule has 0 amide bonds. The maximum absolute atomic E-state index is 6.21. The van der Waals surface area contributed by atoms with Gasteiger partial charge in [-0.1, -0.05) is 23.2 Å². The second kappa shape index (κ2) is 9.54. The monoisotopic (exact) mass is 417 g/mol. The van der Waals surface area contributed by atoms with Crippen molar-refractivity contribution in [1.29, 1.82) is 0 Å². The lowest BCUT2D eigenvalue weighted by molar-refractivity contribution is 0.425. The SMILES string of the molecule is CN(C)CCNc1nc(NNc2ccc(Cl)cc2Cl)cc(-c2cccnc2)n1. The molecule has 0 aliphatic carbocycles. The van der Waals surface area contributed by atoms with Crippen LogP contribution in [0.3, 0.4) is 0 Å². The van der Waals surface area contributed by atoms with Crippen LogP contribution in [0.2, 0.25) is 10.0 Å². The molecule has 0 atom stereocenters. The molecule has 3 rings (SSSR count). The predicted molar refractivity (Wildman–Crippen MR) is 116 cm³/mol. The number of hydrogen-bond donors (Lipinski definition) is 3. The molecular weight excluding hydrogens is 397 g/mol. The molecule has 2 heterocycles. The molecular formula is C19H21Cl2N7. The number of nitrogens with one attached hydrogen (secondary N) is 3. The summed E-state index contributed by atoms with van der Waals surface area (Å²) in [4.78, 5) is 15.4. The van der Waals surface area contributed by atoms with Gasteiger partial charge in [-0.3, -0.25) is 15.8 Å². The van der Waals surface area contributed by atoms with Crippen molar-refractivity contribution < 1.29 is 0 Å². The molecule has 0 fully saturated rings. The highest BCUT2D eigenvalue weighted by Crippen LogP contribution is 2.26. The van der Waals surface area contributed by atoms with E-state index in [2.05, 4.69) is 36.0 Å². The van der Waals surface area contributed by atoms with Crippen molar-refractivity contribution in [2.24, 2.45) is 0 Å². The quantitative estimate of drug-likeness (QED) is 0.472. The van der Waals surface area contributed by atoms with Crippen LogP contribution in [0.4, 0.5) is 17.5 Å². The summed E-state index contributed by atoms with van der Waals surface area (Å²) in [5.74, 6) is 1.11. The summed E-state index contributed by atoms with van der Waals surface area (Å²) >= 11 is 12.2. The van der Waals surface area contributed by atoms with Gasteiger partial charge in [0.15, 0.2) is 5.82 Å². The highest BCUT2D eigenvalue weighted by atomic mass is 35.5. The van der Waals surface area contributed by atoms with Gasteiger partial charge in [-0.2, -0.15) is 4.98 Å².